The van der Waals surface area contributed by atoms with Gasteiger partial charge in [-0.1, -0.05) is 18.2 Å². The van der Waals surface area contributed by atoms with Crippen molar-refractivity contribution in [3.8, 4) is 0 Å². The number of carbonyl (C=O) groups excluding carboxylic acids is 1. The summed E-state index contributed by atoms with van der Waals surface area (Å²) in [5.41, 5.74) is 2.02. The molecule has 4 nitrogen and oxygen atoms in total. The van der Waals surface area contributed by atoms with Gasteiger partial charge in [0, 0.05) is 5.56 Å². The third kappa shape index (κ3) is 3.50. The Bertz CT molecular complexity index is 561. The molecule has 1 aromatic carbocycles. The smallest absolute Gasteiger partial charge is 0.303 e. The zero-order valence-electron chi connectivity index (χ0n) is 11.8. The number of aldehydes is 1. The van der Waals surface area contributed by atoms with Crippen LogP contribution in [0.2, 0.25) is 0 Å². The molecule has 0 bridgehead atoms. The van der Waals surface area contributed by atoms with Crippen molar-refractivity contribution in [3.05, 3.63) is 35.6 Å². The van der Waals surface area contributed by atoms with E-state index in [2.05, 4.69) is 0 Å². The number of hydrogen-bond acceptors (Lipinski definition) is 3. The van der Waals surface area contributed by atoms with Crippen molar-refractivity contribution in [3.63, 3.8) is 0 Å². The lowest BCUT2D eigenvalue weighted by Crippen LogP contribution is -2.65. The summed E-state index contributed by atoms with van der Waals surface area (Å²) in [6.45, 7) is 4.57. The highest BCUT2D eigenvalue weighted by atomic mass is 32.2. The average Bonchev–Trinajstić information content (AvgIpc) is 2.37. The van der Waals surface area contributed by atoms with Crippen LogP contribution in [0.3, 0.4) is 0 Å². The predicted molar refractivity (Wildman–Crippen MR) is 74.3 cm³/mol. The predicted octanol–water partition coefficient (Wildman–Crippen LogP) is 1.82. The first kappa shape index (κ1) is 17.8. The number of alkyl halides is 2. The van der Waals surface area contributed by atoms with Crippen LogP contribution in [0.15, 0.2) is 24.3 Å². The van der Waals surface area contributed by atoms with Gasteiger partial charge in [-0.05, 0) is 26.8 Å². The minimum atomic E-state index is -4.16. The second-order valence-electron chi connectivity index (χ2n) is 5.51. The Labute approximate surface area is 123 Å². The highest BCUT2D eigenvalue weighted by Crippen LogP contribution is 2.34. The Hall–Kier alpha value is -1.25. The molecular weight excluding hydrogens is 305 g/mol. The van der Waals surface area contributed by atoms with E-state index < -0.39 is 45.0 Å². The van der Waals surface area contributed by atoms with E-state index in [-0.39, 0.29) is 0 Å². The molecule has 0 radical (unpaired) electrons. The molecule has 0 spiro atoms. The van der Waals surface area contributed by atoms with Gasteiger partial charge in [0.1, 0.15) is 5.82 Å². The molecule has 0 fully saturated rings. The van der Waals surface area contributed by atoms with Gasteiger partial charge in [0.2, 0.25) is 0 Å². The van der Waals surface area contributed by atoms with Crippen molar-refractivity contribution >= 4 is 17.3 Å². The first-order chi connectivity index (χ1) is 9.45. The fraction of sp³-hybridized carbons (Fsp3) is 0.462. The largest absolute Gasteiger partial charge is 0.337 e. The number of benzene rings is 1. The monoisotopic (exact) mass is 322 g/mol. The van der Waals surface area contributed by atoms with Gasteiger partial charge in [-0.3, -0.25) is 4.79 Å². The van der Waals surface area contributed by atoms with Crippen molar-refractivity contribution in [2.24, 2.45) is 5.73 Å². The Balaban J connectivity index is 3.43. The van der Waals surface area contributed by atoms with E-state index in [4.69, 9.17) is 5.73 Å². The van der Waals surface area contributed by atoms with E-state index in [0.717, 1.165) is 12.1 Å². The second-order valence-corrected chi connectivity index (χ2v) is 7.48. The molecule has 0 unspecified atom stereocenters. The van der Waals surface area contributed by atoms with E-state index in [1.807, 2.05) is 4.72 Å². The maximum atomic E-state index is 14.0. The topological polar surface area (TPSA) is 72.2 Å². The zero-order valence-corrected chi connectivity index (χ0v) is 12.6. The molecule has 0 aromatic heterocycles. The maximum absolute atomic E-state index is 14.0. The van der Waals surface area contributed by atoms with E-state index >= 15 is 0 Å². The van der Waals surface area contributed by atoms with Crippen LogP contribution < -0.4 is 10.5 Å². The van der Waals surface area contributed by atoms with Gasteiger partial charge in [-0.15, -0.1) is 0 Å². The molecule has 1 aromatic rings. The minimum Gasteiger partial charge on any atom is -0.303 e. The summed E-state index contributed by atoms with van der Waals surface area (Å²) in [4.78, 5) is 10.7. The average molecular weight is 322 g/mol. The molecule has 0 saturated heterocycles. The summed E-state index contributed by atoms with van der Waals surface area (Å²) in [7, 11) is -2.04. The van der Waals surface area contributed by atoms with Gasteiger partial charge in [0.05, 0.1) is 15.7 Å². The summed E-state index contributed by atoms with van der Waals surface area (Å²) >= 11 is 0. The Morgan fingerprint density at radius 2 is 1.76 bits per heavy atom. The highest BCUT2D eigenvalue weighted by molar-refractivity contribution is 7.84. The normalized spacial score (nSPS) is 17.1. The number of nitrogens with one attached hydrogen (secondary N) is 1. The molecule has 8 heteroatoms. The summed E-state index contributed by atoms with van der Waals surface area (Å²) in [6, 6.07) is 4.53. The fourth-order valence-corrected chi connectivity index (χ4v) is 2.32. The number of carbonyl (C=O) groups is 1. The third-order valence-electron chi connectivity index (χ3n) is 2.78. The van der Waals surface area contributed by atoms with Gasteiger partial charge < -0.3 is 5.73 Å². The van der Waals surface area contributed by atoms with Crippen LogP contribution in [0, 0.1) is 5.82 Å². The van der Waals surface area contributed by atoms with Gasteiger partial charge in [-0.2, -0.15) is 8.78 Å². The van der Waals surface area contributed by atoms with Crippen LogP contribution in [0.1, 0.15) is 26.3 Å². The van der Waals surface area contributed by atoms with Crippen LogP contribution in [0.5, 0.6) is 0 Å². The van der Waals surface area contributed by atoms with Crippen molar-refractivity contribution in [2.45, 2.75) is 37.1 Å². The second kappa shape index (κ2) is 5.86. The van der Waals surface area contributed by atoms with Crippen LogP contribution in [-0.4, -0.2) is 21.2 Å². The SMILES string of the molecule is CC(C)(C)[S@](=O)N[C@](N)(c1ccccc1F)C(F)(F)C=O. The lowest BCUT2D eigenvalue weighted by Gasteiger charge is -2.36. The summed E-state index contributed by atoms with van der Waals surface area (Å²) in [5, 5.41) is 0. The van der Waals surface area contributed by atoms with Crippen molar-refractivity contribution in [1.29, 1.82) is 0 Å². The summed E-state index contributed by atoms with van der Waals surface area (Å²) in [5.74, 6) is -5.18. The molecule has 0 aliphatic carbocycles. The van der Waals surface area contributed by atoms with Crippen LogP contribution in [0.25, 0.3) is 0 Å². The standard InChI is InChI=1S/C13H17F3N2O2S/c1-11(2,3)21(20)18-13(17,12(15,16)8-19)9-6-4-5-7-10(9)14/h4-8,18H,17H2,1-3H3/t13-,21+/m1/s1. The van der Waals surface area contributed by atoms with Gasteiger partial charge in [0.15, 0.2) is 11.9 Å². The van der Waals surface area contributed by atoms with Crippen LogP contribution in [0.4, 0.5) is 13.2 Å². The Morgan fingerprint density at radius 3 is 2.19 bits per heavy atom. The number of halogens is 3. The van der Waals surface area contributed by atoms with E-state index in [1.54, 1.807) is 0 Å². The number of rotatable bonds is 5. The number of hydrogen-bond donors (Lipinski definition) is 2. The Morgan fingerprint density at radius 1 is 1.24 bits per heavy atom. The van der Waals surface area contributed by atoms with Crippen LogP contribution >= 0.6 is 0 Å². The molecule has 0 saturated carbocycles. The van der Waals surface area contributed by atoms with E-state index in [9.17, 15) is 22.2 Å². The van der Waals surface area contributed by atoms with Gasteiger partial charge in [0.25, 0.3) is 0 Å². The highest BCUT2D eigenvalue weighted by Gasteiger charge is 2.55. The van der Waals surface area contributed by atoms with Crippen LogP contribution in [-0.2, 0) is 21.4 Å². The molecule has 1 rings (SSSR count). The molecule has 0 heterocycles. The Kier molecular flexibility index (Phi) is 4.97. The summed E-state index contributed by atoms with van der Waals surface area (Å²) in [6.07, 6.45) is -0.688. The molecule has 21 heavy (non-hydrogen) atoms. The first-order valence-corrected chi connectivity index (χ1v) is 7.18. The molecule has 3 N–H and O–H groups in total. The molecule has 0 aliphatic heterocycles. The van der Waals surface area contributed by atoms with Gasteiger partial charge >= 0.3 is 5.92 Å². The van der Waals surface area contributed by atoms with Gasteiger partial charge in [-0.25, -0.2) is 13.3 Å². The summed E-state index contributed by atoms with van der Waals surface area (Å²) < 4.78 is 54.9. The third-order valence-corrected chi connectivity index (χ3v) is 4.40. The molecule has 2 atom stereocenters. The van der Waals surface area contributed by atoms with Crippen molar-refractivity contribution < 1.29 is 22.2 Å². The van der Waals surface area contributed by atoms with Crippen molar-refractivity contribution in [2.75, 3.05) is 0 Å². The first-order valence-electron chi connectivity index (χ1n) is 6.03. The number of nitrogens with two attached hydrogens (primary N) is 1. The van der Waals surface area contributed by atoms with E-state index in [1.165, 1.54) is 32.9 Å². The molecule has 0 aliphatic rings. The lowest BCUT2D eigenvalue weighted by atomic mass is 9.94. The molecule has 0 amide bonds. The quantitative estimate of drug-likeness (QED) is 0.642. The van der Waals surface area contributed by atoms with E-state index in [0.29, 0.717) is 0 Å². The molecule has 118 valence electrons. The maximum Gasteiger partial charge on any atom is 0.337 e. The zero-order chi connectivity index (χ0) is 16.5. The fourth-order valence-electron chi connectivity index (χ4n) is 1.48. The van der Waals surface area contributed by atoms with Crippen molar-refractivity contribution in [1.82, 2.24) is 4.72 Å². The lowest BCUT2D eigenvalue weighted by molar-refractivity contribution is -0.142. The minimum absolute atomic E-state index is 0.639. The molecular formula is C13H17F3N2O2S.